The standard InChI is InChI=1S/C23H23ClN4O2/c1-15(2)10-12-27-19-20(25-22(27)24)26(3)23(30)28(21(19)29)13-11-16-8-9-17-6-4-5-7-18(17)14-16/h4-10,14H,11-13H2,1-3H3. The highest BCUT2D eigenvalue weighted by atomic mass is 35.5. The number of aromatic nitrogens is 4. The molecule has 0 N–H and O–H groups in total. The van der Waals surface area contributed by atoms with Gasteiger partial charge in [-0.25, -0.2) is 4.79 Å². The lowest BCUT2D eigenvalue weighted by molar-refractivity contribution is 0.600. The average Bonchev–Trinajstić information content (AvgIpc) is 3.07. The van der Waals surface area contributed by atoms with Crippen LogP contribution in [0.1, 0.15) is 19.4 Å². The fraction of sp³-hybridized carbons (Fsp3) is 0.261. The Balaban J connectivity index is 1.76. The second kappa shape index (κ2) is 7.95. The maximum Gasteiger partial charge on any atom is 0.332 e. The van der Waals surface area contributed by atoms with Crippen LogP contribution in [-0.4, -0.2) is 18.7 Å². The zero-order chi connectivity index (χ0) is 21.4. The Labute approximate surface area is 178 Å². The smallest absolute Gasteiger partial charge is 0.305 e. The first-order valence-electron chi connectivity index (χ1n) is 9.83. The molecule has 0 radical (unpaired) electrons. The van der Waals surface area contributed by atoms with Crippen molar-refractivity contribution in [1.82, 2.24) is 18.7 Å². The van der Waals surface area contributed by atoms with E-state index in [1.807, 2.05) is 38.1 Å². The number of rotatable bonds is 5. The van der Waals surface area contributed by atoms with Crippen molar-refractivity contribution in [2.45, 2.75) is 33.4 Å². The Kier molecular flexibility index (Phi) is 5.35. The van der Waals surface area contributed by atoms with Gasteiger partial charge in [-0.3, -0.25) is 13.9 Å². The number of imidazole rings is 1. The van der Waals surface area contributed by atoms with Gasteiger partial charge in [-0.15, -0.1) is 0 Å². The number of allylic oxidation sites excluding steroid dienone is 2. The number of nitrogens with zero attached hydrogens (tertiary/aromatic N) is 4. The van der Waals surface area contributed by atoms with Crippen LogP contribution in [0.25, 0.3) is 21.9 Å². The summed E-state index contributed by atoms with van der Waals surface area (Å²) < 4.78 is 4.31. The molecule has 154 valence electrons. The Morgan fingerprint density at radius 1 is 1.07 bits per heavy atom. The molecule has 4 aromatic rings. The second-order valence-electron chi connectivity index (χ2n) is 7.68. The maximum absolute atomic E-state index is 13.2. The lowest BCUT2D eigenvalue weighted by atomic mass is 10.1. The van der Waals surface area contributed by atoms with E-state index in [-0.39, 0.29) is 17.4 Å². The molecule has 6 nitrogen and oxygen atoms in total. The van der Waals surface area contributed by atoms with E-state index in [9.17, 15) is 9.59 Å². The largest absolute Gasteiger partial charge is 0.332 e. The predicted molar refractivity (Wildman–Crippen MR) is 121 cm³/mol. The molecule has 0 bridgehead atoms. The first kappa shape index (κ1) is 20.2. The third-order valence-corrected chi connectivity index (χ3v) is 5.59. The minimum atomic E-state index is -0.392. The summed E-state index contributed by atoms with van der Waals surface area (Å²) in [6.45, 7) is 4.66. The normalized spacial score (nSPS) is 11.3. The molecule has 0 amide bonds. The quantitative estimate of drug-likeness (QED) is 0.362. The van der Waals surface area contributed by atoms with E-state index in [2.05, 4.69) is 29.2 Å². The number of hydrogen-bond acceptors (Lipinski definition) is 3. The molecular weight excluding hydrogens is 400 g/mol. The molecule has 0 atom stereocenters. The summed E-state index contributed by atoms with van der Waals surface area (Å²) in [4.78, 5) is 30.3. The van der Waals surface area contributed by atoms with Gasteiger partial charge in [-0.1, -0.05) is 54.1 Å². The van der Waals surface area contributed by atoms with Crippen LogP contribution in [0.2, 0.25) is 5.28 Å². The van der Waals surface area contributed by atoms with Gasteiger partial charge in [0.2, 0.25) is 5.28 Å². The van der Waals surface area contributed by atoms with Gasteiger partial charge in [0.15, 0.2) is 11.2 Å². The van der Waals surface area contributed by atoms with Gasteiger partial charge in [0, 0.05) is 20.1 Å². The summed E-state index contributed by atoms with van der Waals surface area (Å²) >= 11 is 6.29. The van der Waals surface area contributed by atoms with Crippen LogP contribution >= 0.6 is 11.6 Å². The van der Waals surface area contributed by atoms with Crippen molar-refractivity contribution < 1.29 is 0 Å². The highest BCUT2D eigenvalue weighted by Gasteiger charge is 2.19. The Morgan fingerprint density at radius 2 is 1.80 bits per heavy atom. The minimum Gasteiger partial charge on any atom is -0.305 e. The number of benzene rings is 2. The molecule has 0 aliphatic heterocycles. The van der Waals surface area contributed by atoms with Gasteiger partial charge in [0.05, 0.1) is 0 Å². The van der Waals surface area contributed by atoms with Crippen molar-refractivity contribution in [1.29, 1.82) is 0 Å². The molecule has 2 heterocycles. The molecule has 7 heteroatoms. The fourth-order valence-corrected chi connectivity index (χ4v) is 3.85. The molecule has 0 unspecified atom stereocenters. The minimum absolute atomic E-state index is 0.196. The average molecular weight is 423 g/mol. The van der Waals surface area contributed by atoms with Gasteiger partial charge in [0.25, 0.3) is 5.56 Å². The zero-order valence-corrected chi connectivity index (χ0v) is 18.0. The van der Waals surface area contributed by atoms with Crippen LogP contribution in [0.4, 0.5) is 0 Å². The first-order chi connectivity index (χ1) is 14.4. The van der Waals surface area contributed by atoms with Gasteiger partial charge >= 0.3 is 5.69 Å². The van der Waals surface area contributed by atoms with Crippen LogP contribution < -0.4 is 11.2 Å². The fourth-order valence-electron chi connectivity index (χ4n) is 3.62. The Bertz CT molecular complexity index is 1400. The molecule has 0 fully saturated rings. The van der Waals surface area contributed by atoms with Gasteiger partial charge in [0.1, 0.15) is 0 Å². The molecule has 0 aliphatic carbocycles. The summed E-state index contributed by atoms with van der Waals surface area (Å²) in [5, 5.41) is 2.49. The molecule has 4 rings (SSSR count). The van der Waals surface area contributed by atoms with Crippen molar-refractivity contribution in [3.8, 4) is 0 Å². The van der Waals surface area contributed by atoms with Crippen LogP contribution in [0.5, 0.6) is 0 Å². The van der Waals surface area contributed by atoms with Crippen molar-refractivity contribution in [2.24, 2.45) is 7.05 Å². The van der Waals surface area contributed by atoms with E-state index in [4.69, 9.17) is 11.6 Å². The highest BCUT2D eigenvalue weighted by Crippen LogP contribution is 2.18. The first-order valence-corrected chi connectivity index (χ1v) is 10.2. The number of halogens is 1. The van der Waals surface area contributed by atoms with Gasteiger partial charge in [-0.05, 0) is 48.2 Å². The summed E-state index contributed by atoms with van der Waals surface area (Å²) in [5.41, 5.74) is 2.07. The van der Waals surface area contributed by atoms with Crippen LogP contribution in [-0.2, 0) is 26.6 Å². The van der Waals surface area contributed by atoms with E-state index in [0.717, 1.165) is 21.9 Å². The summed E-state index contributed by atoms with van der Waals surface area (Å²) in [6.07, 6.45) is 2.54. The Hall–Kier alpha value is -3.12. The van der Waals surface area contributed by atoms with Crippen LogP contribution in [0.15, 0.2) is 63.7 Å². The van der Waals surface area contributed by atoms with E-state index < -0.39 is 5.69 Å². The molecule has 30 heavy (non-hydrogen) atoms. The number of fused-ring (bicyclic) bond motifs is 2. The van der Waals surface area contributed by atoms with E-state index in [1.54, 1.807) is 11.6 Å². The second-order valence-corrected chi connectivity index (χ2v) is 8.01. The van der Waals surface area contributed by atoms with Crippen molar-refractivity contribution in [2.75, 3.05) is 0 Å². The van der Waals surface area contributed by atoms with E-state index in [0.29, 0.717) is 24.1 Å². The van der Waals surface area contributed by atoms with Crippen LogP contribution in [0.3, 0.4) is 0 Å². The molecule has 0 saturated heterocycles. The van der Waals surface area contributed by atoms with E-state index >= 15 is 0 Å². The SMILES string of the molecule is CC(C)=CCn1c(Cl)nc2c1c(=O)n(CCc1ccc3ccccc3c1)c(=O)n2C. The Morgan fingerprint density at radius 3 is 2.53 bits per heavy atom. The maximum atomic E-state index is 13.2. The topological polar surface area (TPSA) is 61.8 Å². The zero-order valence-electron chi connectivity index (χ0n) is 17.2. The van der Waals surface area contributed by atoms with Gasteiger partial charge in [-0.2, -0.15) is 4.98 Å². The summed E-state index contributed by atoms with van der Waals surface area (Å²) in [7, 11) is 1.62. The predicted octanol–water partition coefficient (Wildman–Crippen LogP) is 3.91. The molecule has 0 aliphatic rings. The third kappa shape index (κ3) is 3.59. The molecule has 0 spiro atoms. The number of aryl methyl sites for hydroxylation is 2. The summed E-state index contributed by atoms with van der Waals surface area (Å²) in [5.74, 6) is 0. The molecule has 2 aromatic heterocycles. The lowest BCUT2D eigenvalue weighted by Crippen LogP contribution is -2.40. The molecule has 0 saturated carbocycles. The van der Waals surface area contributed by atoms with Gasteiger partial charge < -0.3 is 4.57 Å². The van der Waals surface area contributed by atoms with Crippen LogP contribution in [0, 0.1) is 0 Å². The summed E-state index contributed by atoms with van der Waals surface area (Å²) in [6, 6.07) is 14.3. The van der Waals surface area contributed by atoms with Crippen molar-refractivity contribution >= 4 is 33.5 Å². The lowest BCUT2D eigenvalue weighted by Gasteiger charge is -2.10. The molecular formula is C23H23ClN4O2. The van der Waals surface area contributed by atoms with Crippen molar-refractivity contribution in [3.05, 3.63) is 85.8 Å². The van der Waals surface area contributed by atoms with E-state index in [1.165, 1.54) is 9.13 Å². The monoisotopic (exact) mass is 422 g/mol. The third-order valence-electron chi connectivity index (χ3n) is 5.31. The highest BCUT2D eigenvalue weighted by molar-refractivity contribution is 6.29. The number of hydrogen-bond donors (Lipinski definition) is 0. The van der Waals surface area contributed by atoms with Crippen molar-refractivity contribution in [3.63, 3.8) is 0 Å². The molecule has 2 aromatic carbocycles.